The summed E-state index contributed by atoms with van der Waals surface area (Å²) < 4.78 is 5.21. The number of carbonyl (C=O) groups is 3. The number of aliphatic carboxylic acids is 1. The third kappa shape index (κ3) is 5.01. The number of nitrogens with one attached hydrogen (secondary N) is 1. The Balaban J connectivity index is 1.68. The molecule has 1 heterocycles. The summed E-state index contributed by atoms with van der Waals surface area (Å²) >= 11 is 0. The standard InChI is InChI=1S/C23H32N2O5/c1-3-30-23(29)18(13-12-16-8-5-4-6-9-16)24-15(2)21(26)25-19-11-7-10-17(19)14-20(25)22(27)28/h4-6,8-9,15,17-20,24H,3,7,10-14H2,1-2H3,(H,27,28)/t15-,17+,18-,19+,20?/m1/s1. The van der Waals surface area contributed by atoms with Crippen LogP contribution in [0, 0.1) is 5.92 Å². The van der Waals surface area contributed by atoms with Crippen LogP contribution in [0.4, 0.5) is 0 Å². The van der Waals surface area contributed by atoms with Gasteiger partial charge in [0.05, 0.1) is 12.6 Å². The summed E-state index contributed by atoms with van der Waals surface area (Å²) in [5.74, 6) is -1.31. The fourth-order valence-corrected chi connectivity index (χ4v) is 4.89. The van der Waals surface area contributed by atoms with Crippen LogP contribution in [0.5, 0.6) is 0 Å². The number of carbonyl (C=O) groups excluding carboxylic acids is 2. The van der Waals surface area contributed by atoms with Gasteiger partial charge in [0.1, 0.15) is 12.1 Å². The minimum Gasteiger partial charge on any atom is -0.480 e. The highest BCUT2D eigenvalue weighted by molar-refractivity contribution is 5.88. The van der Waals surface area contributed by atoms with Gasteiger partial charge < -0.3 is 14.7 Å². The van der Waals surface area contributed by atoms with Crippen LogP contribution in [0.15, 0.2) is 30.3 Å². The second-order valence-electron chi connectivity index (χ2n) is 8.31. The van der Waals surface area contributed by atoms with E-state index in [-0.39, 0.29) is 30.4 Å². The summed E-state index contributed by atoms with van der Waals surface area (Å²) in [5.41, 5.74) is 1.10. The van der Waals surface area contributed by atoms with E-state index in [1.54, 1.807) is 18.7 Å². The Hall–Kier alpha value is -2.41. The van der Waals surface area contributed by atoms with E-state index in [0.29, 0.717) is 19.3 Å². The Bertz CT molecular complexity index is 753. The molecule has 7 heteroatoms. The quantitative estimate of drug-likeness (QED) is 0.600. The van der Waals surface area contributed by atoms with Crippen LogP contribution in [-0.2, 0) is 25.5 Å². The Morgan fingerprint density at radius 3 is 2.63 bits per heavy atom. The maximum atomic E-state index is 13.2. The van der Waals surface area contributed by atoms with Gasteiger partial charge in [0.2, 0.25) is 5.91 Å². The van der Waals surface area contributed by atoms with Gasteiger partial charge in [-0.15, -0.1) is 0 Å². The molecule has 2 aliphatic rings. The summed E-state index contributed by atoms with van der Waals surface area (Å²) in [4.78, 5) is 39.1. The fourth-order valence-electron chi connectivity index (χ4n) is 4.89. The molecule has 0 aromatic heterocycles. The lowest BCUT2D eigenvalue weighted by Crippen LogP contribution is -2.55. The number of benzene rings is 1. The first-order chi connectivity index (χ1) is 14.4. The number of hydrogen-bond acceptors (Lipinski definition) is 5. The average Bonchev–Trinajstić information content (AvgIpc) is 3.32. The van der Waals surface area contributed by atoms with Crippen molar-refractivity contribution in [2.45, 2.75) is 76.5 Å². The number of likely N-dealkylation sites (tertiary alicyclic amines) is 1. The highest BCUT2D eigenvalue weighted by atomic mass is 16.5. The van der Waals surface area contributed by atoms with Crippen molar-refractivity contribution in [3.8, 4) is 0 Å². The van der Waals surface area contributed by atoms with Gasteiger partial charge in [-0.2, -0.15) is 0 Å². The van der Waals surface area contributed by atoms with Crippen LogP contribution < -0.4 is 5.32 Å². The Kier molecular flexibility index (Phi) is 7.48. The van der Waals surface area contributed by atoms with Gasteiger partial charge in [-0.25, -0.2) is 4.79 Å². The molecule has 1 aliphatic heterocycles. The van der Waals surface area contributed by atoms with Crippen LogP contribution in [0.2, 0.25) is 0 Å². The number of nitrogens with zero attached hydrogens (tertiary/aromatic N) is 1. The lowest BCUT2D eigenvalue weighted by atomic mass is 10.0. The maximum Gasteiger partial charge on any atom is 0.326 e. The highest BCUT2D eigenvalue weighted by Crippen LogP contribution is 2.41. The largest absolute Gasteiger partial charge is 0.480 e. The molecule has 2 N–H and O–H groups in total. The predicted molar refractivity (Wildman–Crippen MR) is 112 cm³/mol. The molecule has 164 valence electrons. The molecule has 1 amide bonds. The zero-order valence-electron chi connectivity index (χ0n) is 17.8. The molecule has 1 aromatic carbocycles. The minimum absolute atomic E-state index is 0.00629. The van der Waals surface area contributed by atoms with E-state index in [1.165, 1.54) is 0 Å². The van der Waals surface area contributed by atoms with Gasteiger partial charge in [-0.05, 0) is 57.4 Å². The lowest BCUT2D eigenvalue weighted by Gasteiger charge is -2.31. The van der Waals surface area contributed by atoms with Crippen molar-refractivity contribution in [1.82, 2.24) is 10.2 Å². The van der Waals surface area contributed by atoms with Crippen LogP contribution in [0.1, 0.15) is 51.5 Å². The third-order valence-electron chi connectivity index (χ3n) is 6.33. The van der Waals surface area contributed by atoms with Gasteiger partial charge in [-0.3, -0.25) is 14.9 Å². The SMILES string of the molecule is CCOC(=O)[C@@H](CCc1ccccc1)N[C@H](C)C(=O)N1C(C(=O)O)C[C@@H]2CCC[C@@H]21. The summed E-state index contributed by atoms with van der Waals surface area (Å²) in [5, 5.41) is 12.8. The van der Waals surface area contributed by atoms with E-state index >= 15 is 0 Å². The third-order valence-corrected chi connectivity index (χ3v) is 6.33. The number of ether oxygens (including phenoxy) is 1. The number of carboxylic acid groups (broad SMARTS) is 1. The summed E-state index contributed by atoms with van der Waals surface area (Å²) in [6.07, 6.45) is 4.54. The molecule has 0 bridgehead atoms. The smallest absolute Gasteiger partial charge is 0.326 e. The van der Waals surface area contributed by atoms with Crippen molar-refractivity contribution in [2.24, 2.45) is 5.92 Å². The number of aryl methyl sites for hydroxylation is 1. The number of rotatable bonds is 9. The highest BCUT2D eigenvalue weighted by Gasteiger charge is 2.49. The van der Waals surface area contributed by atoms with Crippen molar-refractivity contribution in [2.75, 3.05) is 6.61 Å². The molecule has 0 radical (unpaired) electrons. The Morgan fingerprint density at radius 2 is 1.97 bits per heavy atom. The fraction of sp³-hybridized carbons (Fsp3) is 0.609. The molecular weight excluding hydrogens is 384 g/mol. The van der Waals surface area contributed by atoms with Crippen LogP contribution in [0.3, 0.4) is 0 Å². The number of amides is 1. The number of fused-ring (bicyclic) bond motifs is 1. The van der Waals surface area contributed by atoms with E-state index in [9.17, 15) is 19.5 Å². The Labute approximate surface area is 177 Å². The van der Waals surface area contributed by atoms with Crippen molar-refractivity contribution >= 4 is 17.8 Å². The van der Waals surface area contributed by atoms with Crippen LogP contribution >= 0.6 is 0 Å². The maximum absolute atomic E-state index is 13.2. The summed E-state index contributed by atoms with van der Waals surface area (Å²) in [6.45, 7) is 3.72. The van der Waals surface area contributed by atoms with E-state index < -0.39 is 24.1 Å². The molecule has 1 unspecified atom stereocenters. The molecule has 1 aliphatic carbocycles. The van der Waals surface area contributed by atoms with Crippen molar-refractivity contribution in [3.05, 3.63) is 35.9 Å². The average molecular weight is 417 g/mol. The minimum atomic E-state index is -0.948. The number of hydrogen-bond donors (Lipinski definition) is 2. The topological polar surface area (TPSA) is 95.9 Å². The molecule has 30 heavy (non-hydrogen) atoms. The molecule has 1 saturated carbocycles. The first-order valence-electron chi connectivity index (χ1n) is 10.9. The van der Waals surface area contributed by atoms with Crippen LogP contribution in [-0.4, -0.2) is 58.6 Å². The second kappa shape index (κ2) is 10.1. The molecule has 0 spiro atoms. The predicted octanol–water partition coefficient (Wildman–Crippen LogP) is 2.38. The number of esters is 1. The molecular formula is C23H32N2O5. The monoisotopic (exact) mass is 416 g/mol. The van der Waals surface area contributed by atoms with E-state index in [1.807, 2.05) is 30.3 Å². The second-order valence-corrected chi connectivity index (χ2v) is 8.31. The molecule has 3 rings (SSSR count). The zero-order chi connectivity index (χ0) is 21.7. The number of carboxylic acids is 1. The molecule has 1 aromatic rings. The van der Waals surface area contributed by atoms with Gasteiger partial charge in [0, 0.05) is 6.04 Å². The van der Waals surface area contributed by atoms with Gasteiger partial charge in [-0.1, -0.05) is 36.8 Å². The van der Waals surface area contributed by atoms with Gasteiger partial charge >= 0.3 is 11.9 Å². The molecule has 5 atom stereocenters. The lowest BCUT2D eigenvalue weighted by molar-refractivity contribution is -0.151. The normalized spacial score (nSPS) is 24.9. The van der Waals surface area contributed by atoms with Crippen molar-refractivity contribution < 1.29 is 24.2 Å². The van der Waals surface area contributed by atoms with E-state index in [4.69, 9.17) is 4.74 Å². The van der Waals surface area contributed by atoms with Crippen LogP contribution in [0.25, 0.3) is 0 Å². The van der Waals surface area contributed by atoms with Gasteiger partial charge in [0.25, 0.3) is 0 Å². The van der Waals surface area contributed by atoms with Crippen molar-refractivity contribution in [1.29, 1.82) is 0 Å². The van der Waals surface area contributed by atoms with Crippen molar-refractivity contribution in [3.63, 3.8) is 0 Å². The molecule has 1 saturated heterocycles. The first-order valence-corrected chi connectivity index (χ1v) is 10.9. The molecule has 7 nitrogen and oxygen atoms in total. The molecule has 2 fully saturated rings. The zero-order valence-corrected chi connectivity index (χ0v) is 17.8. The van der Waals surface area contributed by atoms with Gasteiger partial charge in [0.15, 0.2) is 0 Å². The van der Waals surface area contributed by atoms with E-state index in [2.05, 4.69) is 5.32 Å². The van der Waals surface area contributed by atoms with E-state index in [0.717, 1.165) is 24.8 Å². The Morgan fingerprint density at radius 1 is 1.23 bits per heavy atom. The summed E-state index contributed by atoms with van der Waals surface area (Å²) in [7, 11) is 0. The first kappa shape index (κ1) is 22.3. The summed E-state index contributed by atoms with van der Waals surface area (Å²) in [6, 6.07) is 7.76.